The highest BCUT2D eigenvalue weighted by molar-refractivity contribution is 5.92. The van der Waals surface area contributed by atoms with Crippen molar-refractivity contribution in [2.24, 2.45) is 0 Å². The molecular formula is C22H26O5. The Morgan fingerprint density at radius 2 is 1.63 bits per heavy atom. The van der Waals surface area contributed by atoms with Gasteiger partial charge in [0.1, 0.15) is 18.1 Å². The molecule has 0 fully saturated rings. The Bertz CT molecular complexity index is 753. The van der Waals surface area contributed by atoms with Crippen LogP contribution < -0.4 is 9.47 Å². The number of hydrogen-bond acceptors (Lipinski definition) is 5. The van der Waals surface area contributed by atoms with Crippen LogP contribution in [0.2, 0.25) is 0 Å². The van der Waals surface area contributed by atoms with E-state index >= 15 is 0 Å². The van der Waals surface area contributed by atoms with Crippen LogP contribution in [0.5, 0.6) is 11.5 Å². The van der Waals surface area contributed by atoms with E-state index in [0.29, 0.717) is 31.3 Å². The van der Waals surface area contributed by atoms with Crippen molar-refractivity contribution in [3.05, 3.63) is 65.4 Å². The topological polar surface area (TPSA) is 54.0 Å². The Kier molecular flexibility index (Phi) is 8.23. The minimum atomic E-state index is -0.494. The molecule has 0 bridgehead atoms. The molecule has 5 nitrogen and oxygen atoms in total. The van der Waals surface area contributed by atoms with Crippen LogP contribution in [-0.2, 0) is 20.9 Å². The number of esters is 1. The number of benzene rings is 2. The van der Waals surface area contributed by atoms with Crippen LogP contribution in [0.3, 0.4) is 0 Å². The Morgan fingerprint density at radius 1 is 0.889 bits per heavy atom. The van der Waals surface area contributed by atoms with E-state index in [9.17, 15) is 4.79 Å². The number of hydrogen-bond donors (Lipinski definition) is 0. The number of rotatable bonds is 10. The maximum atomic E-state index is 12.1. The van der Waals surface area contributed by atoms with Crippen LogP contribution in [0.4, 0.5) is 0 Å². The molecule has 5 heteroatoms. The van der Waals surface area contributed by atoms with Gasteiger partial charge in [-0.3, -0.25) is 0 Å². The molecule has 0 N–H and O–H groups in total. The molecule has 144 valence electrons. The van der Waals surface area contributed by atoms with Gasteiger partial charge in [-0.2, -0.15) is 0 Å². The van der Waals surface area contributed by atoms with E-state index in [2.05, 4.69) is 0 Å². The predicted octanol–water partition coefficient (Wildman–Crippen LogP) is 4.60. The third-order valence-corrected chi connectivity index (χ3v) is 3.60. The van der Waals surface area contributed by atoms with Crippen LogP contribution in [0.1, 0.15) is 31.9 Å². The van der Waals surface area contributed by atoms with Crippen molar-refractivity contribution in [1.82, 2.24) is 0 Å². The summed E-state index contributed by atoms with van der Waals surface area (Å²) in [4.78, 5) is 12.1. The first-order chi connectivity index (χ1) is 13.2. The maximum absolute atomic E-state index is 12.1. The first-order valence-electron chi connectivity index (χ1n) is 9.13. The third kappa shape index (κ3) is 6.37. The molecule has 2 rings (SSSR count). The Labute approximate surface area is 160 Å². The second kappa shape index (κ2) is 10.9. The Balaban J connectivity index is 2.22. The molecule has 0 aliphatic heterocycles. The van der Waals surface area contributed by atoms with Gasteiger partial charge in [0.05, 0.1) is 19.8 Å². The standard InChI is InChI=1S/C22H26O5/c1-4-24-20-15-19(27-16-17-10-8-7-9-11-17)13-12-18(20)14-21(25-5-2)22(23)26-6-3/h7-15H,4-6,16H2,1-3H3. The lowest BCUT2D eigenvalue weighted by Crippen LogP contribution is -2.10. The molecule has 0 unspecified atom stereocenters. The minimum Gasteiger partial charge on any atom is -0.493 e. The molecule has 2 aromatic carbocycles. The van der Waals surface area contributed by atoms with Gasteiger partial charge in [-0.1, -0.05) is 30.3 Å². The fraction of sp³-hybridized carbons (Fsp3) is 0.318. The lowest BCUT2D eigenvalue weighted by molar-refractivity contribution is -0.142. The SMILES string of the molecule is CCOC(=O)C(=Cc1ccc(OCc2ccccc2)cc1OCC)OCC. The molecule has 27 heavy (non-hydrogen) atoms. The van der Waals surface area contributed by atoms with Crippen LogP contribution in [0.25, 0.3) is 6.08 Å². The maximum Gasteiger partial charge on any atom is 0.373 e. The van der Waals surface area contributed by atoms with E-state index in [4.69, 9.17) is 18.9 Å². The van der Waals surface area contributed by atoms with Gasteiger partial charge < -0.3 is 18.9 Å². The molecule has 0 saturated heterocycles. The Hall–Kier alpha value is -2.95. The van der Waals surface area contributed by atoms with Crippen molar-refractivity contribution in [2.45, 2.75) is 27.4 Å². The summed E-state index contributed by atoms with van der Waals surface area (Å²) >= 11 is 0. The second-order valence-electron chi connectivity index (χ2n) is 5.57. The monoisotopic (exact) mass is 370 g/mol. The minimum absolute atomic E-state index is 0.151. The van der Waals surface area contributed by atoms with Gasteiger partial charge in [-0.15, -0.1) is 0 Å². The van der Waals surface area contributed by atoms with Gasteiger partial charge in [0.15, 0.2) is 0 Å². The van der Waals surface area contributed by atoms with Crippen molar-refractivity contribution >= 4 is 12.0 Å². The molecule has 0 spiro atoms. The normalized spacial score (nSPS) is 11.0. The summed E-state index contributed by atoms with van der Waals surface area (Å²) in [6, 6.07) is 15.4. The summed E-state index contributed by atoms with van der Waals surface area (Å²) in [5, 5.41) is 0. The summed E-state index contributed by atoms with van der Waals surface area (Å²) in [7, 11) is 0. The predicted molar refractivity (Wildman–Crippen MR) is 105 cm³/mol. The molecule has 0 heterocycles. The summed E-state index contributed by atoms with van der Waals surface area (Å²) in [5.41, 5.74) is 1.81. The summed E-state index contributed by atoms with van der Waals surface area (Å²) < 4.78 is 22.0. The van der Waals surface area contributed by atoms with Gasteiger partial charge in [0.25, 0.3) is 0 Å². The number of ether oxygens (including phenoxy) is 4. The van der Waals surface area contributed by atoms with Crippen molar-refractivity contribution < 1.29 is 23.7 Å². The lowest BCUT2D eigenvalue weighted by Gasteiger charge is -2.13. The molecule has 2 aromatic rings. The summed E-state index contributed by atoms with van der Waals surface area (Å²) in [6.07, 6.45) is 1.63. The van der Waals surface area contributed by atoms with Crippen molar-refractivity contribution in [2.75, 3.05) is 19.8 Å². The molecule has 0 atom stereocenters. The summed E-state index contributed by atoms with van der Waals surface area (Å²) in [5.74, 6) is 0.961. The van der Waals surface area contributed by atoms with Gasteiger partial charge in [-0.25, -0.2) is 4.79 Å². The van der Waals surface area contributed by atoms with Crippen molar-refractivity contribution in [3.63, 3.8) is 0 Å². The van der Waals surface area contributed by atoms with Gasteiger partial charge in [0, 0.05) is 11.6 Å². The van der Waals surface area contributed by atoms with E-state index in [1.165, 1.54) is 0 Å². The van der Waals surface area contributed by atoms with Crippen LogP contribution in [0, 0.1) is 0 Å². The van der Waals surface area contributed by atoms with E-state index < -0.39 is 5.97 Å². The third-order valence-electron chi connectivity index (χ3n) is 3.60. The molecule has 0 radical (unpaired) electrons. The Morgan fingerprint density at radius 3 is 2.30 bits per heavy atom. The zero-order chi connectivity index (χ0) is 19.5. The van der Waals surface area contributed by atoms with Gasteiger partial charge >= 0.3 is 5.97 Å². The van der Waals surface area contributed by atoms with Crippen LogP contribution in [-0.4, -0.2) is 25.8 Å². The molecule has 0 aromatic heterocycles. The van der Waals surface area contributed by atoms with E-state index in [1.807, 2.05) is 62.4 Å². The fourth-order valence-corrected chi connectivity index (χ4v) is 2.40. The molecule has 0 aliphatic carbocycles. The summed E-state index contributed by atoms with van der Waals surface area (Å²) in [6.45, 7) is 7.09. The van der Waals surface area contributed by atoms with Crippen molar-refractivity contribution in [3.8, 4) is 11.5 Å². The first-order valence-corrected chi connectivity index (χ1v) is 9.13. The smallest absolute Gasteiger partial charge is 0.373 e. The molecule has 0 amide bonds. The average molecular weight is 370 g/mol. The highest BCUT2D eigenvalue weighted by Gasteiger charge is 2.14. The van der Waals surface area contributed by atoms with E-state index in [1.54, 1.807) is 13.0 Å². The van der Waals surface area contributed by atoms with E-state index in [-0.39, 0.29) is 12.4 Å². The zero-order valence-electron chi connectivity index (χ0n) is 16.1. The molecular weight excluding hydrogens is 344 g/mol. The highest BCUT2D eigenvalue weighted by Crippen LogP contribution is 2.28. The first kappa shape index (κ1) is 20.4. The van der Waals surface area contributed by atoms with Gasteiger partial charge in [0.2, 0.25) is 5.76 Å². The number of carbonyl (C=O) groups excluding carboxylic acids is 1. The van der Waals surface area contributed by atoms with Crippen LogP contribution in [0.15, 0.2) is 54.3 Å². The lowest BCUT2D eigenvalue weighted by atomic mass is 10.1. The molecule has 0 aliphatic rings. The largest absolute Gasteiger partial charge is 0.493 e. The second-order valence-corrected chi connectivity index (χ2v) is 5.57. The van der Waals surface area contributed by atoms with Crippen LogP contribution >= 0.6 is 0 Å². The average Bonchev–Trinajstić information content (AvgIpc) is 2.68. The quantitative estimate of drug-likeness (QED) is 0.347. The van der Waals surface area contributed by atoms with Gasteiger partial charge in [-0.05, 0) is 44.5 Å². The fourth-order valence-electron chi connectivity index (χ4n) is 2.40. The zero-order valence-corrected chi connectivity index (χ0v) is 16.1. The number of carbonyl (C=O) groups is 1. The van der Waals surface area contributed by atoms with Crippen molar-refractivity contribution in [1.29, 1.82) is 0 Å². The van der Waals surface area contributed by atoms with E-state index in [0.717, 1.165) is 11.1 Å². The highest BCUT2D eigenvalue weighted by atomic mass is 16.6. The molecule has 0 saturated carbocycles.